The second kappa shape index (κ2) is 6.69. The van der Waals surface area contributed by atoms with Gasteiger partial charge in [-0.15, -0.1) is 0 Å². The normalized spacial score (nSPS) is 21.7. The lowest BCUT2D eigenvalue weighted by atomic mass is 9.75. The minimum absolute atomic E-state index is 0.145. The van der Waals surface area contributed by atoms with E-state index in [1.807, 2.05) is 0 Å². The van der Waals surface area contributed by atoms with Crippen LogP contribution in [0.1, 0.15) is 36.4 Å². The Morgan fingerprint density at radius 3 is 2.43 bits per heavy atom. The molecule has 128 valence electrons. The maximum absolute atomic E-state index is 13.6. The summed E-state index contributed by atoms with van der Waals surface area (Å²) in [5, 5.41) is 3.28. The first-order chi connectivity index (χ1) is 11.0. The number of piperazine rings is 1. The molecular weight excluding hydrogens is 305 g/mol. The highest BCUT2D eigenvalue weighted by Gasteiger charge is 2.41. The van der Waals surface area contributed by atoms with E-state index in [0.29, 0.717) is 11.5 Å². The van der Waals surface area contributed by atoms with Crippen molar-refractivity contribution in [1.82, 2.24) is 10.2 Å². The Hall–Kier alpha value is -1.27. The Morgan fingerprint density at radius 1 is 1.22 bits per heavy atom. The highest BCUT2D eigenvalue weighted by molar-refractivity contribution is 5.40. The van der Waals surface area contributed by atoms with Crippen molar-refractivity contribution in [3.8, 4) is 5.75 Å². The zero-order chi connectivity index (χ0) is 16.4. The van der Waals surface area contributed by atoms with Crippen LogP contribution in [0.2, 0.25) is 0 Å². The lowest BCUT2D eigenvalue weighted by Crippen LogP contribution is -2.48. The zero-order valence-corrected chi connectivity index (χ0v) is 13.3. The van der Waals surface area contributed by atoms with Gasteiger partial charge in [0.2, 0.25) is 0 Å². The van der Waals surface area contributed by atoms with Gasteiger partial charge in [-0.2, -0.15) is 13.2 Å². The molecule has 0 spiro atoms. The molecule has 3 nitrogen and oxygen atoms in total. The Kier molecular flexibility index (Phi) is 4.82. The third kappa shape index (κ3) is 3.48. The first kappa shape index (κ1) is 16.6. The van der Waals surface area contributed by atoms with E-state index in [0.717, 1.165) is 51.5 Å². The van der Waals surface area contributed by atoms with Gasteiger partial charge in [-0.25, -0.2) is 0 Å². The van der Waals surface area contributed by atoms with Crippen molar-refractivity contribution < 1.29 is 17.9 Å². The summed E-state index contributed by atoms with van der Waals surface area (Å²) in [6, 6.07) is 4.27. The highest BCUT2D eigenvalue weighted by Crippen LogP contribution is 2.46. The van der Waals surface area contributed by atoms with Gasteiger partial charge in [0, 0.05) is 32.2 Å². The van der Waals surface area contributed by atoms with Crippen molar-refractivity contribution in [3.63, 3.8) is 0 Å². The van der Waals surface area contributed by atoms with Gasteiger partial charge in [-0.05, 0) is 36.5 Å². The number of hydrogen-bond acceptors (Lipinski definition) is 3. The summed E-state index contributed by atoms with van der Waals surface area (Å²) in [5.41, 5.74) is -0.141. The van der Waals surface area contributed by atoms with Gasteiger partial charge in [0.05, 0.1) is 12.7 Å². The van der Waals surface area contributed by atoms with Crippen LogP contribution >= 0.6 is 0 Å². The SMILES string of the molecule is COc1ccc([C@@H](C2CCC2)N2CCNCC2)c(C(F)(F)F)c1. The maximum atomic E-state index is 13.6. The molecule has 2 fully saturated rings. The van der Waals surface area contributed by atoms with E-state index < -0.39 is 11.7 Å². The molecule has 1 aliphatic heterocycles. The minimum Gasteiger partial charge on any atom is -0.497 e. The highest BCUT2D eigenvalue weighted by atomic mass is 19.4. The smallest absolute Gasteiger partial charge is 0.416 e. The molecule has 0 amide bonds. The summed E-state index contributed by atoms with van der Waals surface area (Å²) in [5.74, 6) is 0.580. The number of nitrogens with one attached hydrogen (secondary N) is 1. The molecule has 1 atom stereocenters. The van der Waals surface area contributed by atoms with Gasteiger partial charge in [0.1, 0.15) is 5.75 Å². The van der Waals surface area contributed by atoms with Crippen molar-refractivity contribution >= 4 is 0 Å². The molecule has 1 saturated carbocycles. The summed E-state index contributed by atoms with van der Waals surface area (Å²) in [4.78, 5) is 2.22. The number of ether oxygens (including phenoxy) is 1. The number of halogens is 3. The molecule has 1 saturated heterocycles. The Labute approximate surface area is 134 Å². The average Bonchev–Trinajstić information content (AvgIpc) is 2.50. The fraction of sp³-hybridized carbons (Fsp3) is 0.647. The zero-order valence-electron chi connectivity index (χ0n) is 13.3. The Balaban J connectivity index is 2.00. The Morgan fingerprint density at radius 2 is 1.91 bits per heavy atom. The van der Waals surface area contributed by atoms with E-state index in [1.54, 1.807) is 12.1 Å². The van der Waals surface area contributed by atoms with E-state index >= 15 is 0 Å². The molecule has 0 radical (unpaired) electrons. The van der Waals surface area contributed by atoms with Crippen molar-refractivity contribution in [2.75, 3.05) is 33.3 Å². The predicted molar refractivity (Wildman–Crippen MR) is 82.5 cm³/mol. The molecule has 1 aromatic carbocycles. The molecule has 2 aliphatic rings. The molecule has 0 bridgehead atoms. The molecule has 1 heterocycles. The molecule has 6 heteroatoms. The van der Waals surface area contributed by atoms with Crippen LogP contribution in [0.5, 0.6) is 5.75 Å². The summed E-state index contributed by atoms with van der Waals surface area (Å²) in [6.45, 7) is 3.26. The number of rotatable bonds is 4. The quantitative estimate of drug-likeness (QED) is 0.916. The average molecular weight is 328 g/mol. The number of alkyl halides is 3. The van der Waals surface area contributed by atoms with Crippen LogP contribution in [0.4, 0.5) is 13.2 Å². The van der Waals surface area contributed by atoms with Crippen molar-refractivity contribution in [2.24, 2.45) is 5.92 Å². The third-order valence-corrected chi connectivity index (χ3v) is 5.03. The molecule has 0 unspecified atom stereocenters. The van der Waals surface area contributed by atoms with Crippen LogP contribution in [0.15, 0.2) is 18.2 Å². The van der Waals surface area contributed by atoms with Gasteiger partial charge < -0.3 is 10.1 Å². The largest absolute Gasteiger partial charge is 0.497 e. The van der Waals surface area contributed by atoms with E-state index in [4.69, 9.17) is 4.74 Å². The van der Waals surface area contributed by atoms with Crippen LogP contribution < -0.4 is 10.1 Å². The fourth-order valence-electron chi connectivity index (χ4n) is 3.63. The molecular formula is C17H23F3N2O. The molecule has 0 aromatic heterocycles. The second-order valence-electron chi connectivity index (χ2n) is 6.37. The summed E-state index contributed by atoms with van der Waals surface area (Å²) in [7, 11) is 1.40. The lowest BCUT2D eigenvalue weighted by Gasteiger charge is -2.44. The van der Waals surface area contributed by atoms with Crippen LogP contribution in [-0.4, -0.2) is 38.2 Å². The van der Waals surface area contributed by atoms with Crippen molar-refractivity contribution in [3.05, 3.63) is 29.3 Å². The number of methoxy groups -OCH3 is 1. The summed E-state index contributed by atoms with van der Waals surface area (Å²) >= 11 is 0. The van der Waals surface area contributed by atoms with Crippen LogP contribution in [0.25, 0.3) is 0 Å². The van der Waals surface area contributed by atoms with Crippen LogP contribution in [0, 0.1) is 5.92 Å². The van der Waals surface area contributed by atoms with Crippen LogP contribution in [0.3, 0.4) is 0 Å². The first-order valence-corrected chi connectivity index (χ1v) is 8.20. The standard InChI is InChI=1S/C17H23F3N2O/c1-23-13-5-6-14(15(11-13)17(18,19)20)16(12-3-2-4-12)22-9-7-21-8-10-22/h5-6,11-12,16,21H,2-4,7-10H2,1H3/t16-/m1/s1. The predicted octanol–water partition coefficient (Wildman–Crippen LogP) is 3.46. The van der Waals surface area contributed by atoms with Gasteiger partial charge >= 0.3 is 6.18 Å². The van der Waals surface area contributed by atoms with Gasteiger partial charge in [0.25, 0.3) is 0 Å². The number of nitrogens with zero attached hydrogens (tertiary/aromatic N) is 1. The molecule has 23 heavy (non-hydrogen) atoms. The molecule has 1 aromatic rings. The van der Waals surface area contributed by atoms with E-state index in [1.165, 1.54) is 7.11 Å². The van der Waals surface area contributed by atoms with E-state index in [2.05, 4.69) is 10.2 Å². The van der Waals surface area contributed by atoms with Gasteiger partial charge in [-0.1, -0.05) is 12.5 Å². The van der Waals surface area contributed by atoms with Crippen LogP contribution in [-0.2, 0) is 6.18 Å². The van der Waals surface area contributed by atoms with Crippen molar-refractivity contribution in [1.29, 1.82) is 0 Å². The van der Waals surface area contributed by atoms with E-state index in [-0.39, 0.29) is 11.8 Å². The van der Waals surface area contributed by atoms with Gasteiger partial charge in [0.15, 0.2) is 0 Å². The first-order valence-electron chi connectivity index (χ1n) is 8.20. The lowest BCUT2D eigenvalue weighted by molar-refractivity contribution is -0.139. The van der Waals surface area contributed by atoms with Gasteiger partial charge in [-0.3, -0.25) is 4.90 Å². The maximum Gasteiger partial charge on any atom is 0.416 e. The van der Waals surface area contributed by atoms with E-state index in [9.17, 15) is 13.2 Å². The topological polar surface area (TPSA) is 24.5 Å². The third-order valence-electron chi connectivity index (χ3n) is 5.03. The Bertz CT molecular complexity index is 537. The van der Waals surface area contributed by atoms with Crippen molar-refractivity contribution in [2.45, 2.75) is 31.5 Å². The molecule has 3 rings (SSSR count). The number of benzene rings is 1. The summed E-state index contributed by atoms with van der Waals surface area (Å²) in [6.07, 6.45) is -1.22. The molecule has 1 N–H and O–H groups in total. The summed E-state index contributed by atoms with van der Waals surface area (Å²) < 4.78 is 45.8. The fourth-order valence-corrected chi connectivity index (χ4v) is 3.63. The monoisotopic (exact) mass is 328 g/mol. The second-order valence-corrected chi connectivity index (χ2v) is 6.37. The number of hydrogen-bond donors (Lipinski definition) is 1. The minimum atomic E-state index is -4.36. The molecule has 1 aliphatic carbocycles.